The van der Waals surface area contributed by atoms with Gasteiger partial charge in [-0.3, -0.25) is 4.79 Å². The maximum absolute atomic E-state index is 10.6. The third-order valence-corrected chi connectivity index (χ3v) is 1.68. The Morgan fingerprint density at radius 1 is 1.50 bits per heavy atom. The first-order chi connectivity index (χ1) is 6.63. The monoisotopic (exact) mass is 196 g/mol. The maximum Gasteiger partial charge on any atom is 0.308 e. The number of hydrogen-bond donors (Lipinski definition) is 2. The molecule has 0 amide bonds. The minimum Gasteiger partial charge on any atom is -0.504 e. The number of carbonyl (C=O) groups excluding carboxylic acids is 1. The lowest BCUT2D eigenvalue weighted by atomic mass is 10.1. The fraction of sp³-hybridized carbons (Fsp3) is 0.300. The molecule has 4 heteroatoms. The van der Waals surface area contributed by atoms with Crippen LogP contribution in [-0.4, -0.2) is 22.8 Å². The predicted octanol–water partition coefficient (Wildman–Crippen LogP) is 0.852. The molecule has 0 aliphatic rings. The zero-order valence-corrected chi connectivity index (χ0v) is 7.86. The molecule has 1 aromatic carbocycles. The lowest BCUT2D eigenvalue weighted by Gasteiger charge is -2.05. The molecule has 0 saturated carbocycles. The van der Waals surface area contributed by atoms with E-state index in [4.69, 9.17) is 9.84 Å². The molecular weight excluding hydrogens is 184 g/mol. The van der Waals surface area contributed by atoms with Gasteiger partial charge in [0.15, 0.2) is 11.5 Å². The van der Waals surface area contributed by atoms with Crippen LogP contribution in [0.1, 0.15) is 12.5 Å². The first-order valence-corrected chi connectivity index (χ1v) is 4.24. The van der Waals surface area contributed by atoms with Gasteiger partial charge in [0.05, 0.1) is 0 Å². The summed E-state index contributed by atoms with van der Waals surface area (Å²) in [7, 11) is 0. The zero-order chi connectivity index (χ0) is 10.6. The number of benzene rings is 1. The molecule has 0 saturated heterocycles. The first kappa shape index (κ1) is 10.5. The predicted molar refractivity (Wildman–Crippen MR) is 50.2 cm³/mol. The van der Waals surface area contributed by atoms with E-state index >= 15 is 0 Å². The van der Waals surface area contributed by atoms with Crippen LogP contribution < -0.4 is 4.74 Å². The van der Waals surface area contributed by atoms with E-state index in [0.717, 1.165) is 5.56 Å². The van der Waals surface area contributed by atoms with Gasteiger partial charge in [-0.05, 0) is 24.1 Å². The Kier molecular flexibility index (Phi) is 3.48. The van der Waals surface area contributed by atoms with Gasteiger partial charge in [0.25, 0.3) is 0 Å². The van der Waals surface area contributed by atoms with Crippen molar-refractivity contribution in [2.24, 2.45) is 0 Å². The number of phenolic OH excluding ortho intramolecular Hbond substituents is 1. The molecule has 0 spiro atoms. The van der Waals surface area contributed by atoms with Crippen molar-refractivity contribution < 1.29 is 19.7 Å². The van der Waals surface area contributed by atoms with Gasteiger partial charge in [0.2, 0.25) is 0 Å². The highest BCUT2D eigenvalue weighted by molar-refractivity contribution is 5.70. The minimum absolute atomic E-state index is 0.0202. The number of carbonyl (C=O) groups is 1. The summed E-state index contributed by atoms with van der Waals surface area (Å²) in [5.41, 5.74) is 0.793. The molecule has 0 aliphatic carbocycles. The second-order valence-corrected chi connectivity index (χ2v) is 2.87. The van der Waals surface area contributed by atoms with E-state index in [-0.39, 0.29) is 18.1 Å². The van der Waals surface area contributed by atoms with Crippen LogP contribution in [0, 0.1) is 0 Å². The summed E-state index contributed by atoms with van der Waals surface area (Å²) in [4.78, 5) is 10.6. The normalized spacial score (nSPS) is 9.86. The SMILES string of the molecule is CC(=O)Oc1ccc(CCO)cc1O. The van der Waals surface area contributed by atoms with Gasteiger partial charge in [-0.2, -0.15) is 0 Å². The molecule has 0 atom stereocenters. The highest BCUT2D eigenvalue weighted by Crippen LogP contribution is 2.26. The average molecular weight is 196 g/mol. The van der Waals surface area contributed by atoms with Crippen molar-refractivity contribution in [3.8, 4) is 11.5 Å². The molecule has 2 N–H and O–H groups in total. The fourth-order valence-electron chi connectivity index (χ4n) is 1.09. The van der Waals surface area contributed by atoms with Gasteiger partial charge in [0.1, 0.15) is 0 Å². The number of rotatable bonds is 3. The van der Waals surface area contributed by atoms with E-state index < -0.39 is 5.97 Å². The highest BCUT2D eigenvalue weighted by atomic mass is 16.5. The van der Waals surface area contributed by atoms with Crippen molar-refractivity contribution in [3.05, 3.63) is 23.8 Å². The van der Waals surface area contributed by atoms with E-state index in [1.165, 1.54) is 19.1 Å². The van der Waals surface area contributed by atoms with E-state index in [2.05, 4.69) is 0 Å². The highest BCUT2D eigenvalue weighted by Gasteiger charge is 2.05. The third kappa shape index (κ3) is 2.74. The number of ether oxygens (including phenoxy) is 1. The maximum atomic E-state index is 10.6. The van der Waals surface area contributed by atoms with E-state index in [9.17, 15) is 9.90 Å². The summed E-state index contributed by atoms with van der Waals surface area (Å²) in [6.07, 6.45) is 0.466. The van der Waals surface area contributed by atoms with Crippen LogP contribution in [0.2, 0.25) is 0 Å². The molecule has 1 aromatic rings. The smallest absolute Gasteiger partial charge is 0.308 e. The van der Waals surface area contributed by atoms with Crippen molar-refractivity contribution >= 4 is 5.97 Å². The fourth-order valence-corrected chi connectivity index (χ4v) is 1.09. The Labute approximate surface area is 81.8 Å². The van der Waals surface area contributed by atoms with Crippen molar-refractivity contribution in [1.82, 2.24) is 0 Å². The Morgan fingerprint density at radius 3 is 2.71 bits per heavy atom. The second-order valence-electron chi connectivity index (χ2n) is 2.87. The molecule has 0 aliphatic heterocycles. The Balaban J connectivity index is 2.84. The van der Waals surface area contributed by atoms with Crippen molar-refractivity contribution in [1.29, 1.82) is 0 Å². The summed E-state index contributed by atoms with van der Waals surface area (Å²) in [5, 5.41) is 18.1. The molecule has 0 aromatic heterocycles. The van der Waals surface area contributed by atoms with Crippen molar-refractivity contribution in [3.63, 3.8) is 0 Å². The van der Waals surface area contributed by atoms with Crippen LogP contribution in [0.3, 0.4) is 0 Å². The molecule has 0 radical (unpaired) electrons. The Hall–Kier alpha value is -1.55. The second kappa shape index (κ2) is 4.62. The molecule has 0 heterocycles. The van der Waals surface area contributed by atoms with Crippen molar-refractivity contribution in [2.45, 2.75) is 13.3 Å². The largest absolute Gasteiger partial charge is 0.504 e. The molecular formula is C10H12O4. The summed E-state index contributed by atoms with van der Waals surface area (Å²) in [6.45, 7) is 1.29. The molecule has 0 unspecified atom stereocenters. The van der Waals surface area contributed by atoms with E-state index in [1.807, 2.05) is 0 Å². The lowest BCUT2D eigenvalue weighted by molar-refractivity contribution is -0.132. The van der Waals surface area contributed by atoms with E-state index in [1.54, 1.807) is 6.07 Å². The van der Waals surface area contributed by atoms with Crippen LogP contribution in [-0.2, 0) is 11.2 Å². The molecule has 1 rings (SSSR count). The minimum atomic E-state index is -0.477. The van der Waals surface area contributed by atoms with Gasteiger partial charge < -0.3 is 14.9 Å². The third-order valence-electron chi connectivity index (χ3n) is 1.68. The standard InChI is InChI=1S/C10H12O4/c1-7(12)14-10-3-2-8(4-5-11)6-9(10)13/h2-3,6,11,13H,4-5H2,1H3. The number of phenols is 1. The Morgan fingerprint density at radius 2 is 2.21 bits per heavy atom. The molecule has 0 bridgehead atoms. The first-order valence-electron chi connectivity index (χ1n) is 4.24. The van der Waals surface area contributed by atoms with Gasteiger partial charge >= 0.3 is 5.97 Å². The number of aliphatic hydroxyl groups excluding tert-OH is 1. The van der Waals surface area contributed by atoms with Crippen LogP contribution in [0.4, 0.5) is 0 Å². The van der Waals surface area contributed by atoms with Crippen molar-refractivity contribution in [2.75, 3.05) is 6.61 Å². The molecule has 4 nitrogen and oxygen atoms in total. The van der Waals surface area contributed by atoms with Gasteiger partial charge in [-0.15, -0.1) is 0 Å². The quantitative estimate of drug-likeness (QED) is 0.555. The van der Waals surface area contributed by atoms with E-state index in [0.29, 0.717) is 6.42 Å². The summed E-state index contributed by atoms with van der Waals surface area (Å²) in [5.74, 6) is -0.430. The summed E-state index contributed by atoms with van der Waals surface area (Å²) in [6, 6.07) is 4.66. The van der Waals surface area contributed by atoms with Crippen LogP contribution in [0.5, 0.6) is 11.5 Å². The number of aliphatic hydroxyl groups is 1. The van der Waals surface area contributed by atoms with Gasteiger partial charge in [-0.1, -0.05) is 6.07 Å². The average Bonchev–Trinajstić information content (AvgIpc) is 2.10. The summed E-state index contributed by atoms with van der Waals surface area (Å²) >= 11 is 0. The molecule has 0 fully saturated rings. The van der Waals surface area contributed by atoms with Gasteiger partial charge in [-0.25, -0.2) is 0 Å². The van der Waals surface area contributed by atoms with Crippen LogP contribution in [0.15, 0.2) is 18.2 Å². The Bertz CT molecular complexity index is 333. The number of esters is 1. The molecule has 14 heavy (non-hydrogen) atoms. The number of hydrogen-bond acceptors (Lipinski definition) is 4. The van der Waals surface area contributed by atoms with Crippen LogP contribution >= 0.6 is 0 Å². The zero-order valence-electron chi connectivity index (χ0n) is 7.86. The summed E-state index contributed by atoms with van der Waals surface area (Å²) < 4.78 is 4.73. The topological polar surface area (TPSA) is 66.8 Å². The van der Waals surface area contributed by atoms with Gasteiger partial charge in [0, 0.05) is 13.5 Å². The van der Waals surface area contributed by atoms with Crippen LogP contribution in [0.25, 0.3) is 0 Å². The lowest BCUT2D eigenvalue weighted by Crippen LogP contribution is -2.01. The number of aromatic hydroxyl groups is 1. The molecule has 76 valence electrons.